The molecule has 2 atom stereocenters. The summed E-state index contributed by atoms with van der Waals surface area (Å²) in [5.41, 5.74) is 9.93. The third-order valence-corrected chi connectivity index (χ3v) is 3.52. The Morgan fingerprint density at radius 1 is 1.35 bits per heavy atom. The molecule has 1 fully saturated rings. The lowest BCUT2D eigenvalue weighted by Crippen LogP contribution is -2.37. The quantitative estimate of drug-likeness (QED) is 0.865. The maximum atomic E-state index is 6.02. The molecule has 94 valence electrons. The predicted molar refractivity (Wildman–Crippen MR) is 71.5 cm³/mol. The van der Waals surface area contributed by atoms with Crippen LogP contribution in [0.15, 0.2) is 18.2 Å². The van der Waals surface area contributed by atoms with E-state index in [9.17, 15) is 0 Å². The van der Waals surface area contributed by atoms with E-state index in [-0.39, 0.29) is 6.04 Å². The molecular formula is C14H22N2O. The number of ether oxygens (including phenoxy) is 1. The third kappa shape index (κ3) is 2.79. The van der Waals surface area contributed by atoms with Gasteiger partial charge in [0.25, 0.3) is 0 Å². The lowest BCUT2D eigenvalue weighted by molar-refractivity contribution is 0.185. The molecule has 0 aromatic heterocycles. The first-order valence-electron chi connectivity index (χ1n) is 6.19. The topological polar surface area (TPSA) is 38.5 Å². The Bertz CT molecular complexity index is 392. The number of benzene rings is 1. The number of hydrogen-bond donors (Lipinski definition) is 1. The van der Waals surface area contributed by atoms with Crippen molar-refractivity contribution in [3.8, 4) is 0 Å². The smallest absolute Gasteiger partial charge is 0.0621 e. The normalized spacial score (nSPS) is 24.0. The summed E-state index contributed by atoms with van der Waals surface area (Å²) in [4.78, 5) is 2.29. The van der Waals surface area contributed by atoms with Crippen molar-refractivity contribution in [2.75, 3.05) is 31.7 Å². The highest BCUT2D eigenvalue weighted by Crippen LogP contribution is 2.22. The standard InChI is InChI=1S/C14H22N2O/c1-10-4-5-14(11(2)6-10)16(3)7-12-8-17-9-13(12)15/h4-6,12-13H,7-9,15H2,1-3H3. The van der Waals surface area contributed by atoms with Crippen LogP contribution in [0.3, 0.4) is 0 Å². The van der Waals surface area contributed by atoms with Gasteiger partial charge in [-0.25, -0.2) is 0 Å². The van der Waals surface area contributed by atoms with Crippen LogP contribution >= 0.6 is 0 Å². The molecule has 17 heavy (non-hydrogen) atoms. The van der Waals surface area contributed by atoms with Gasteiger partial charge in [-0.3, -0.25) is 0 Å². The highest BCUT2D eigenvalue weighted by molar-refractivity contribution is 5.53. The minimum absolute atomic E-state index is 0.184. The second-order valence-corrected chi connectivity index (χ2v) is 5.13. The highest BCUT2D eigenvalue weighted by atomic mass is 16.5. The van der Waals surface area contributed by atoms with Gasteiger partial charge in [-0.1, -0.05) is 17.7 Å². The Morgan fingerprint density at radius 3 is 2.71 bits per heavy atom. The molecule has 0 saturated carbocycles. The minimum Gasteiger partial charge on any atom is -0.379 e. The fraction of sp³-hybridized carbons (Fsp3) is 0.571. The number of hydrogen-bond acceptors (Lipinski definition) is 3. The van der Waals surface area contributed by atoms with Gasteiger partial charge in [-0.05, 0) is 25.5 Å². The second-order valence-electron chi connectivity index (χ2n) is 5.13. The molecule has 3 heteroatoms. The van der Waals surface area contributed by atoms with Crippen LogP contribution in [0.2, 0.25) is 0 Å². The molecule has 2 N–H and O–H groups in total. The van der Waals surface area contributed by atoms with E-state index >= 15 is 0 Å². The molecule has 0 bridgehead atoms. The van der Waals surface area contributed by atoms with Gasteiger partial charge in [-0.15, -0.1) is 0 Å². The number of nitrogens with two attached hydrogens (primary N) is 1. The number of nitrogens with zero attached hydrogens (tertiary/aromatic N) is 1. The van der Waals surface area contributed by atoms with Crippen LogP contribution in [-0.2, 0) is 4.74 Å². The van der Waals surface area contributed by atoms with Gasteiger partial charge < -0.3 is 15.4 Å². The van der Waals surface area contributed by atoms with E-state index in [1.807, 2.05) is 0 Å². The molecule has 0 amide bonds. The summed E-state index contributed by atoms with van der Waals surface area (Å²) in [5, 5.41) is 0. The highest BCUT2D eigenvalue weighted by Gasteiger charge is 2.26. The largest absolute Gasteiger partial charge is 0.379 e. The molecule has 3 nitrogen and oxygen atoms in total. The van der Waals surface area contributed by atoms with Crippen LogP contribution in [0.5, 0.6) is 0 Å². The number of aryl methyl sites for hydroxylation is 2. The van der Waals surface area contributed by atoms with E-state index in [0.717, 1.165) is 13.2 Å². The van der Waals surface area contributed by atoms with E-state index in [1.54, 1.807) is 0 Å². The van der Waals surface area contributed by atoms with Crippen LogP contribution in [0.4, 0.5) is 5.69 Å². The van der Waals surface area contributed by atoms with Crippen molar-refractivity contribution in [1.29, 1.82) is 0 Å². The average Bonchev–Trinajstić information content (AvgIpc) is 2.64. The third-order valence-electron chi connectivity index (χ3n) is 3.52. The van der Waals surface area contributed by atoms with Crippen LogP contribution in [0.25, 0.3) is 0 Å². The van der Waals surface area contributed by atoms with Gasteiger partial charge in [0.2, 0.25) is 0 Å². The van der Waals surface area contributed by atoms with Gasteiger partial charge >= 0.3 is 0 Å². The fourth-order valence-electron chi connectivity index (χ4n) is 2.49. The molecule has 0 radical (unpaired) electrons. The van der Waals surface area contributed by atoms with Crippen molar-refractivity contribution in [3.05, 3.63) is 29.3 Å². The molecule has 1 aliphatic rings. The predicted octanol–water partition coefficient (Wildman–Crippen LogP) is 1.71. The van der Waals surface area contributed by atoms with Crippen molar-refractivity contribution in [2.24, 2.45) is 11.7 Å². The first-order chi connectivity index (χ1) is 8.08. The Morgan fingerprint density at radius 2 is 2.12 bits per heavy atom. The first-order valence-corrected chi connectivity index (χ1v) is 6.19. The Kier molecular flexibility index (Phi) is 3.69. The SMILES string of the molecule is Cc1ccc(N(C)CC2COCC2N)c(C)c1. The Balaban J connectivity index is 2.06. The Hall–Kier alpha value is -1.06. The minimum atomic E-state index is 0.184. The lowest BCUT2D eigenvalue weighted by Gasteiger charge is -2.26. The maximum Gasteiger partial charge on any atom is 0.0621 e. The van der Waals surface area contributed by atoms with Crippen molar-refractivity contribution < 1.29 is 4.74 Å². The Labute approximate surface area is 104 Å². The molecular weight excluding hydrogens is 212 g/mol. The molecule has 0 aliphatic carbocycles. The van der Waals surface area contributed by atoms with Crippen LogP contribution < -0.4 is 10.6 Å². The summed E-state index contributed by atoms with van der Waals surface area (Å²) < 4.78 is 5.40. The van der Waals surface area contributed by atoms with Crippen molar-refractivity contribution >= 4 is 5.69 Å². The number of rotatable bonds is 3. The van der Waals surface area contributed by atoms with E-state index in [4.69, 9.17) is 10.5 Å². The molecule has 1 heterocycles. The summed E-state index contributed by atoms with van der Waals surface area (Å²) in [6.07, 6.45) is 0. The monoisotopic (exact) mass is 234 g/mol. The molecule has 1 saturated heterocycles. The average molecular weight is 234 g/mol. The zero-order chi connectivity index (χ0) is 12.4. The van der Waals surface area contributed by atoms with Gasteiger partial charge in [0.15, 0.2) is 0 Å². The fourth-order valence-corrected chi connectivity index (χ4v) is 2.49. The zero-order valence-electron chi connectivity index (χ0n) is 10.9. The molecule has 0 spiro atoms. The molecule has 1 aliphatic heterocycles. The van der Waals surface area contributed by atoms with Crippen molar-refractivity contribution in [1.82, 2.24) is 0 Å². The van der Waals surface area contributed by atoms with E-state index < -0.39 is 0 Å². The van der Waals surface area contributed by atoms with Gasteiger partial charge in [0.05, 0.1) is 13.2 Å². The molecule has 2 unspecified atom stereocenters. The summed E-state index contributed by atoms with van der Waals surface area (Å²) in [6.45, 7) is 6.73. The first kappa shape index (κ1) is 12.4. The molecule has 2 rings (SSSR count). The maximum absolute atomic E-state index is 6.02. The molecule has 1 aromatic carbocycles. The number of anilines is 1. The van der Waals surface area contributed by atoms with E-state index in [2.05, 4.69) is 44.0 Å². The van der Waals surface area contributed by atoms with E-state index in [1.165, 1.54) is 16.8 Å². The van der Waals surface area contributed by atoms with Crippen LogP contribution in [0, 0.1) is 19.8 Å². The summed E-state index contributed by atoms with van der Waals surface area (Å²) in [5.74, 6) is 0.445. The molecule has 1 aromatic rings. The summed E-state index contributed by atoms with van der Waals surface area (Å²) in [7, 11) is 2.13. The van der Waals surface area contributed by atoms with Gasteiger partial charge in [0.1, 0.15) is 0 Å². The zero-order valence-corrected chi connectivity index (χ0v) is 10.9. The second kappa shape index (κ2) is 5.07. The van der Waals surface area contributed by atoms with Crippen LogP contribution in [0.1, 0.15) is 11.1 Å². The lowest BCUT2D eigenvalue weighted by atomic mass is 10.0. The van der Waals surface area contributed by atoms with Crippen molar-refractivity contribution in [2.45, 2.75) is 19.9 Å². The van der Waals surface area contributed by atoms with Gasteiger partial charge in [-0.2, -0.15) is 0 Å². The summed E-state index contributed by atoms with van der Waals surface area (Å²) >= 11 is 0. The summed E-state index contributed by atoms with van der Waals surface area (Å²) in [6, 6.07) is 6.75. The van der Waals surface area contributed by atoms with E-state index in [0.29, 0.717) is 12.5 Å². The van der Waals surface area contributed by atoms with Crippen molar-refractivity contribution in [3.63, 3.8) is 0 Å². The van der Waals surface area contributed by atoms with Gasteiger partial charge in [0, 0.05) is 31.2 Å². The van der Waals surface area contributed by atoms with Crippen LogP contribution in [-0.4, -0.2) is 32.8 Å².